The number of rotatable bonds is 3. The SMILES string of the molecule is Cc1cncc(CO[N+](=O)[O-])c1. The fourth-order valence-electron chi connectivity index (χ4n) is 0.824. The molecule has 0 amide bonds. The molecule has 1 heterocycles. The Bertz CT molecular complexity index is 288. The summed E-state index contributed by atoms with van der Waals surface area (Å²) in [7, 11) is 0. The third-order valence-electron chi connectivity index (χ3n) is 1.27. The topological polar surface area (TPSA) is 65.3 Å². The average molecular weight is 168 g/mol. The molecule has 0 aliphatic heterocycles. The Morgan fingerprint density at radius 2 is 2.42 bits per heavy atom. The van der Waals surface area contributed by atoms with Crippen molar-refractivity contribution < 1.29 is 9.92 Å². The Labute approximate surface area is 69.1 Å². The molecule has 0 radical (unpaired) electrons. The predicted molar refractivity (Wildman–Crippen MR) is 40.8 cm³/mol. The molecule has 0 aliphatic rings. The minimum absolute atomic E-state index is 0.0400. The summed E-state index contributed by atoms with van der Waals surface area (Å²) in [5.41, 5.74) is 1.66. The molecule has 0 aliphatic carbocycles. The number of aromatic nitrogens is 1. The zero-order chi connectivity index (χ0) is 8.97. The summed E-state index contributed by atoms with van der Waals surface area (Å²) in [5, 5.41) is 9.00. The van der Waals surface area contributed by atoms with Gasteiger partial charge in [0, 0.05) is 12.4 Å². The molecule has 0 bridgehead atoms. The van der Waals surface area contributed by atoms with Crippen LogP contribution in [0.25, 0.3) is 0 Å². The van der Waals surface area contributed by atoms with E-state index in [-0.39, 0.29) is 6.61 Å². The van der Waals surface area contributed by atoms with Crippen molar-refractivity contribution in [2.75, 3.05) is 0 Å². The smallest absolute Gasteiger partial charge is 0.294 e. The maximum Gasteiger partial charge on any atom is 0.294 e. The van der Waals surface area contributed by atoms with Crippen LogP contribution >= 0.6 is 0 Å². The molecule has 0 spiro atoms. The lowest BCUT2D eigenvalue weighted by Gasteiger charge is -1.98. The van der Waals surface area contributed by atoms with Crippen LogP contribution < -0.4 is 0 Å². The van der Waals surface area contributed by atoms with E-state index < -0.39 is 5.09 Å². The Hall–Kier alpha value is -1.65. The highest BCUT2D eigenvalue weighted by atomic mass is 16.9. The zero-order valence-corrected chi connectivity index (χ0v) is 6.56. The Morgan fingerprint density at radius 1 is 1.67 bits per heavy atom. The second-order valence-corrected chi connectivity index (χ2v) is 2.37. The van der Waals surface area contributed by atoms with Crippen molar-refractivity contribution >= 4 is 0 Å². The molecule has 0 atom stereocenters. The first-order valence-corrected chi connectivity index (χ1v) is 3.36. The third kappa shape index (κ3) is 2.53. The minimum atomic E-state index is -0.817. The van der Waals surface area contributed by atoms with Gasteiger partial charge in [-0.2, -0.15) is 0 Å². The summed E-state index contributed by atoms with van der Waals surface area (Å²) in [6, 6.07) is 1.79. The first-order chi connectivity index (χ1) is 5.68. The van der Waals surface area contributed by atoms with E-state index in [1.54, 1.807) is 12.3 Å². The van der Waals surface area contributed by atoms with Gasteiger partial charge in [-0.15, -0.1) is 10.1 Å². The lowest BCUT2D eigenvalue weighted by atomic mass is 10.2. The maximum absolute atomic E-state index is 9.82. The predicted octanol–water partition coefficient (Wildman–Crippen LogP) is 1.10. The maximum atomic E-state index is 9.82. The van der Waals surface area contributed by atoms with Gasteiger partial charge < -0.3 is 4.84 Å². The summed E-state index contributed by atoms with van der Waals surface area (Å²) in [6.07, 6.45) is 3.21. The first-order valence-electron chi connectivity index (χ1n) is 3.36. The molecule has 0 aromatic carbocycles. The first kappa shape index (κ1) is 8.45. The monoisotopic (exact) mass is 168 g/mol. The van der Waals surface area contributed by atoms with Crippen LogP contribution in [0.2, 0.25) is 0 Å². The number of hydrogen-bond donors (Lipinski definition) is 0. The van der Waals surface area contributed by atoms with Gasteiger partial charge in [0.05, 0.1) is 0 Å². The van der Waals surface area contributed by atoms with Crippen LogP contribution in [0.1, 0.15) is 11.1 Å². The van der Waals surface area contributed by atoms with Crippen LogP contribution in [0.4, 0.5) is 0 Å². The van der Waals surface area contributed by atoms with Crippen molar-refractivity contribution in [1.29, 1.82) is 0 Å². The summed E-state index contributed by atoms with van der Waals surface area (Å²) in [5.74, 6) is 0. The Morgan fingerprint density at radius 3 is 3.00 bits per heavy atom. The lowest BCUT2D eigenvalue weighted by Crippen LogP contribution is -2.00. The summed E-state index contributed by atoms with van der Waals surface area (Å²) in [6.45, 7) is 1.82. The molecule has 0 fully saturated rings. The van der Waals surface area contributed by atoms with Gasteiger partial charge in [-0.05, 0) is 18.1 Å². The van der Waals surface area contributed by atoms with Gasteiger partial charge in [-0.1, -0.05) is 6.07 Å². The van der Waals surface area contributed by atoms with E-state index in [9.17, 15) is 10.1 Å². The molecule has 12 heavy (non-hydrogen) atoms. The molecular formula is C7H8N2O3. The van der Waals surface area contributed by atoms with Gasteiger partial charge in [0.15, 0.2) is 0 Å². The largest absolute Gasteiger partial charge is 0.309 e. The number of aryl methyl sites for hydroxylation is 1. The Kier molecular flexibility index (Phi) is 2.57. The molecule has 0 saturated carbocycles. The second-order valence-electron chi connectivity index (χ2n) is 2.37. The van der Waals surface area contributed by atoms with Crippen LogP contribution in [0.5, 0.6) is 0 Å². The highest BCUT2D eigenvalue weighted by Gasteiger charge is 1.97. The van der Waals surface area contributed by atoms with Crippen LogP contribution in [0.3, 0.4) is 0 Å². The summed E-state index contributed by atoms with van der Waals surface area (Å²) < 4.78 is 0. The van der Waals surface area contributed by atoms with Gasteiger partial charge in [0.1, 0.15) is 6.61 Å². The third-order valence-corrected chi connectivity index (χ3v) is 1.27. The Balaban J connectivity index is 2.57. The number of pyridine rings is 1. The molecular weight excluding hydrogens is 160 g/mol. The van der Waals surface area contributed by atoms with E-state index in [4.69, 9.17) is 0 Å². The molecule has 0 saturated heterocycles. The van der Waals surface area contributed by atoms with Crippen molar-refractivity contribution in [2.45, 2.75) is 13.5 Å². The molecule has 0 unspecified atom stereocenters. The molecule has 1 rings (SSSR count). The zero-order valence-electron chi connectivity index (χ0n) is 6.56. The molecule has 0 N–H and O–H groups in total. The standard InChI is InChI=1S/C7H8N2O3/c1-6-2-7(4-8-3-6)5-12-9(10)11/h2-4H,5H2,1H3. The second kappa shape index (κ2) is 3.66. The van der Waals surface area contributed by atoms with E-state index in [2.05, 4.69) is 9.82 Å². The molecule has 1 aromatic rings. The van der Waals surface area contributed by atoms with Gasteiger partial charge in [-0.3, -0.25) is 4.98 Å². The van der Waals surface area contributed by atoms with Crippen LogP contribution in [0, 0.1) is 17.0 Å². The van der Waals surface area contributed by atoms with Gasteiger partial charge in [0.25, 0.3) is 5.09 Å². The minimum Gasteiger partial charge on any atom is -0.309 e. The molecule has 1 aromatic heterocycles. The highest BCUT2D eigenvalue weighted by molar-refractivity contribution is 5.15. The van der Waals surface area contributed by atoms with Crippen molar-refractivity contribution in [1.82, 2.24) is 4.98 Å². The van der Waals surface area contributed by atoms with E-state index in [0.717, 1.165) is 5.56 Å². The van der Waals surface area contributed by atoms with E-state index in [0.29, 0.717) is 5.56 Å². The van der Waals surface area contributed by atoms with Crippen molar-refractivity contribution in [3.63, 3.8) is 0 Å². The van der Waals surface area contributed by atoms with Gasteiger partial charge in [-0.25, -0.2) is 0 Å². The van der Waals surface area contributed by atoms with Crippen molar-refractivity contribution in [2.24, 2.45) is 0 Å². The fraction of sp³-hybridized carbons (Fsp3) is 0.286. The van der Waals surface area contributed by atoms with Crippen LogP contribution in [-0.4, -0.2) is 10.1 Å². The molecule has 5 heteroatoms. The van der Waals surface area contributed by atoms with Gasteiger partial charge >= 0.3 is 0 Å². The van der Waals surface area contributed by atoms with Crippen LogP contribution in [0.15, 0.2) is 18.5 Å². The van der Waals surface area contributed by atoms with E-state index >= 15 is 0 Å². The van der Waals surface area contributed by atoms with Gasteiger partial charge in [0.2, 0.25) is 0 Å². The van der Waals surface area contributed by atoms with Crippen molar-refractivity contribution in [3.8, 4) is 0 Å². The number of nitrogens with zero attached hydrogens (tertiary/aromatic N) is 2. The van der Waals surface area contributed by atoms with Crippen LogP contribution in [-0.2, 0) is 11.4 Å². The summed E-state index contributed by atoms with van der Waals surface area (Å²) in [4.78, 5) is 17.8. The van der Waals surface area contributed by atoms with E-state index in [1.807, 2.05) is 6.92 Å². The molecule has 64 valence electrons. The number of hydrogen-bond acceptors (Lipinski definition) is 4. The van der Waals surface area contributed by atoms with E-state index in [1.165, 1.54) is 6.20 Å². The highest BCUT2D eigenvalue weighted by Crippen LogP contribution is 2.02. The summed E-state index contributed by atoms with van der Waals surface area (Å²) >= 11 is 0. The normalized spacial score (nSPS) is 9.42. The lowest BCUT2D eigenvalue weighted by molar-refractivity contribution is -0.763. The fourth-order valence-corrected chi connectivity index (χ4v) is 0.824. The average Bonchev–Trinajstić information content (AvgIpc) is 2.01. The molecule has 5 nitrogen and oxygen atoms in total. The van der Waals surface area contributed by atoms with Crippen molar-refractivity contribution in [3.05, 3.63) is 39.7 Å². The quantitative estimate of drug-likeness (QED) is 0.500.